The quantitative estimate of drug-likeness (QED) is 0.382. The first-order valence-electron chi connectivity index (χ1n) is 9.63. The smallest absolute Gasteiger partial charge is 0.220 e. The monoisotopic (exact) mass is 433 g/mol. The largest absolute Gasteiger partial charge is 0.387 e. The predicted octanol–water partition coefficient (Wildman–Crippen LogP) is 1.06. The summed E-state index contributed by atoms with van der Waals surface area (Å²) in [5.41, 5.74) is 9.23. The number of aliphatic hydroxyl groups excluding tert-OH is 1. The van der Waals surface area contributed by atoms with Crippen LogP contribution in [0.5, 0.6) is 0 Å². The van der Waals surface area contributed by atoms with Crippen LogP contribution >= 0.6 is 0 Å². The van der Waals surface area contributed by atoms with E-state index in [1.807, 2.05) is 0 Å². The Morgan fingerprint density at radius 3 is 1.27 bits per heavy atom. The van der Waals surface area contributed by atoms with Gasteiger partial charge < -0.3 is 43.0 Å². The highest BCUT2D eigenvalue weighted by Crippen LogP contribution is 2.49. The highest BCUT2D eigenvalue weighted by Gasteiger charge is 2.68. The molecule has 1 N–H and O–H groups in total. The number of fused-ring (bicyclic) bond motifs is 2. The zero-order valence-electron chi connectivity index (χ0n) is 18.5. The van der Waals surface area contributed by atoms with E-state index in [9.17, 15) is 10.6 Å². The molecule has 1 saturated carbocycles. The van der Waals surface area contributed by atoms with E-state index in [0.717, 1.165) is 0 Å². The molecule has 0 aromatic rings. The number of methoxy groups -OCH3 is 4. The summed E-state index contributed by atoms with van der Waals surface area (Å²) >= 11 is 0. The number of ether oxygens (including phenoxy) is 8. The van der Waals surface area contributed by atoms with Crippen LogP contribution in [0.2, 0.25) is 0 Å². The van der Waals surface area contributed by atoms with Gasteiger partial charge in [-0.1, -0.05) is 5.11 Å². The van der Waals surface area contributed by atoms with Crippen LogP contribution in [0.1, 0.15) is 27.7 Å². The number of hydrogen-bond acceptors (Lipinski definition) is 10. The Morgan fingerprint density at radius 2 is 1.00 bits per heavy atom. The van der Waals surface area contributed by atoms with Crippen molar-refractivity contribution in [3.05, 3.63) is 10.4 Å². The second kappa shape index (κ2) is 7.82. The van der Waals surface area contributed by atoms with Gasteiger partial charge in [-0.2, -0.15) is 0 Å². The Morgan fingerprint density at radius 1 is 0.700 bits per heavy atom. The van der Waals surface area contributed by atoms with Gasteiger partial charge in [0.1, 0.15) is 30.5 Å². The molecule has 3 aliphatic rings. The van der Waals surface area contributed by atoms with Crippen LogP contribution in [0, 0.1) is 0 Å². The van der Waals surface area contributed by atoms with E-state index in [2.05, 4.69) is 10.0 Å². The van der Waals surface area contributed by atoms with Crippen molar-refractivity contribution in [2.24, 2.45) is 5.11 Å². The van der Waals surface area contributed by atoms with Crippen molar-refractivity contribution in [2.75, 3.05) is 28.4 Å². The molecule has 10 atom stereocenters. The molecule has 0 aromatic carbocycles. The zero-order valence-corrected chi connectivity index (χ0v) is 18.5. The SMILES string of the molecule is CO[C@@]1(C)O[C@@H]2C(O)[C@@H]3O[C@@](C)(OC)[C@](C)(OC)O[C@H]3C(N=[N+]=[N-])[C@H]2O[C@]1(C)OC. The van der Waals surface area contributed by atoms with Gasteiger partial charge in [0.2, 0.25) is 23.1 Å². The van der Waals surface area contributed by atoms with E-state index in [0.29, 0.717) is 0 Å². The number of nitrogens with zero attached hydrogens (tertiary/aromatic N) is 3. The summed E-state index contributed by atoms with van der Waals surface area (Å²) in [5.74, 6) is -5.45. The number of azide groups is 1. The number of hydrogen-bond donors (Lipinski definition) is 1. The summed E-state index contributed by atoms with van der Waals surface area (Å²) < 4.78 is 46.8. The maximum atomic E-state index is 11.2. The number of aliphatic hydroxyl groups is 1. The highest BCUT2D eigenvalue weighted by molar-refractivity contribution is 5.12. The van der Waals surface area contributed by atoms with Crippen LogP contribution in [-0.2, 0) is 37.9 Å². The molecule has 3 fully saturated rings. The molecule has 172 valence electrons. The molecule has 1 aliphatic carbocycles. The predicted molar refractivity (Wildman–Crippen MR) is 100 cm³/mol. The molecular weight excluding hydrogens is 402 g/mol. The minimum absolute atomic E-state index is 0.915. The molecule has 2 heterocycles. The van der Waals surface area contributed by atoms with Crippen LogP contribution in [0.3, 0.4) is 0 Å². The summed E-state index contributed by atoms with van der Waals surface area (Å²) in [6.07, 6.45) is -4.99. The topological polar surface area (TPSA) is 143 Å². The standard InChI is InChI=1S/C18H31N3O9/c1-15(23-5)17(3,25-7)29-13-10(22)14-12(9(20-21-19)11(13)27-15)28-16(2,24-6)18(4,26-8)30-14/h9-14,22H,1-8H3/t9?,10?,11-,12+,13-,14+,15+,16-,17+,18-. The van der Waals surface area contributed by atoms with Crippen LogP contribution in [0.15, 0.2) is 5.11 Å². The molecule has 12 nitrogen and oxygen atoms in total. The molecule has 0 aromatic heterocycles. The fourth-order valence-corrected chi connectivity index (χ4v) is 4.29. The minimum atomic E-state index is -1.36. The van der Waals surface area contributed by atoms with E-state index in [-0.39, 0.29) is 0 Å². The Bertz CT molecular complexity index is 660. The summed E-state index contributed by atoms with van der Waals surface area (Å²) in [7, 11) is 5.77. The van der Waals surface area contributed by atoms with Crippen LogP contribution in [-0.4, -0.2) is 93.3 Å². The molecule has 0 spiro atoms. The van der Waals surface area contributed by atoms with Gasteiger partial charge in [0.15, 0.2) is 0 Å². The summed E-state index contributed by atoms with van der Waals surface area (Å²) in [4.78, 5) is 2.95. The van der Waals surface area contributed by atoms with Crippen LogP contribution < -0.4 is 0 Å². The Hall–Kier alpha value is -1.05. The minimum Gasteiger partial charge on any atom is -0.387 e. The van der Waals surface area contributed by atoms with Gasteiger partial charge in [-0.15, -0.1) is 0 Å². The molecule has 2 saturated heterocycles. The van der Waals surface area contributed by atoms with E-state index in [4.69, 9.17) is 37.9 Å². The van der Waals surface area contributed by atoms with Gasteiger partial charge in [0, 0.05) is 33.4 Å². The Balaban J connectivity index is 2.07. The maximum absolute atomic E-state index is 11.2. The van der Waals surface area contributed by atoms with Crippen molar-refractivity contribution in [3.8, 4) is 0 Å². The molecule has 12 heteroatoms. The second-order valence-corrected chi connectivity index (χ2v) is 8.12. The first kappa shape index (κ1) is 23.6. The van der Waals surface area contributed by atoms with Gasteiger partial charge in [0.25, 0.3) is 0 Å². The normalized spacial score (nSPS) is 53.4. The van der Waals surface area contributed by atoms with Crippen molar-refractivity contribution < 1.29 is 43.0 Å². The van der Waals surface area contributed by atoms with E-state index in [1.54, 1.807) is 27.7 Å². The Kier molecular flexibility index (Phi) is 6.15. The van der Waals surface area contributed by atoms with Crippen molar-refractivity contribution in [1.29, 1.82) is 0 Å². The van der Waals surface area contributed by atoms with E-state index < -0.39 is 59.7 Å². The maximum Gasteiger partial charge on any atom is 0.220 e. The molecule has 3 rings (SSSR count). The zero-order chi connectivity index (χ0) is 22.5. The summed E-state index contributed by atoms with van der Waals surface area (Å²) in [6, 6.07) is -0.930. The van der Waals surface area contributed by atoms with E-state index >= 15 is 0 Å². The summed E-state index contributed by atoms with van der Waals surface area (Å²) in [6.45, 7) is 6.54. The van der Waals surface area contributed by atoms with Gasteiger partial charge in [-0.3, -0.25) is 0 Å². The molecule has 0 radical (unpaired) electrons. The van der Waals surface area contributed by atoms with Crippen molar-refractivity contribution in [2.45, 2.75) is 87.4 Å². The molecule has 2 unspecified atom stereocenters. The van der Waals surface area contributed by atoms with Crippen LogP contribution in [0.4, 0.5) is 0 Å². The third-order valence-electron chi connectivity index (χ3n) is 6.83. The molecular formula is C18H31N3O9. The first-order valence-corrected chi connectivity index (χ1v) is 9.63. The van der Waals surface area contributed by atoms with Crippen molar-refractivity contribution >= 4 is 0 Å². The van der Waals surface area contributed by atoms with E-state index in [1.165, 1.54) is 28.4 Å². The average Bonchev–Trinajstić information content (AvgIpc) is 2.74. The fraction of sp³-hybridized carbons (Fsp3) is 1.00. The Labute approximate surface area is 175 Å². The van der Waals surface area contributed by atoms with Crippen molar-refractivity contribution in [3.63, 3.8) is 0 Å². The number of rotatable bonds is 5. The van der Waals surface area contributed by atoms with Gasteiger partial charge in [-0.25, -0.2) is 0 Å². The average molecular weight is 433 g/mol. The lowest BCUT2D eigenvalue weighted by atomic mass is 9.80. The third-order valence-corrected chi connectivity index (χ3v) is 6.83. The lowest BCUT2D eigenvalue weighted by Crippen LogP contribution is -2.78. The molecule has 0 bridgehead atoms. The van der Waals surface area contributed by atoms with Gasteiger partial charge in [-0.05, 0) is 33.2 Å². The highest BCUT2D eigenvalue weighted by atomic mass is 16.8. The summed E-state index contributed by atoms with van der Waals surface area (Å²) in [5, 5.41) is 15.1. The van der Waals surface area contributed by atoms with Gasteiger partial charge in [0.05, 0.1) is 6.04 Å². The second-order valence-electron chi connectivity index (χ2n) is 8.12. The molecule has 2 aliphatic heterocycles. The van der Waals surface area contributed by atoms with Crippen LogP contribution in [0.25, 0.3) is 10.4 Å². The van der Waals surface area contributed by atoms with Gasteiger partial charge >= 0.3 is 0 Å². The van der Waals surface area contributed by atoms with Crippen molar-refractivity contribution in [1.82, 2.24) is 0 Å². The molecule has 30 heavy (non-hydrogen) atoms. The molecule has 0 amide bonds. The lowest BCUT2D eigenvalue weighted by molar-refractivity contribution is -0.495. The third kappa shape index (κ3) is 3.15. The first-order chi connectivity index (χ1) is 14.0. The lowest BCUT2D eigenvalue weighted by Gasteiger charge is -2.61. The fourth-order valence-electron chi connectivity index (χ4n) is 4.29.